The molecule has 136 valence electrons. The van der Waals surface area contributed by atoms with E-state index < -0.39 is 11.5 Å². The van der Waals surface area contributed by atoms with Gasteiger partial charge >= 0.3 is 0 Å². The van der Waals surface area contributed by atoms with Crippen LogP contribution in [0, 0.1) is 0 Å². The van der Waals surface area contributed by atoms with Crippen molar-refractivity contribution in [3.05, 3.63) is 59.1 Å². The molecule has 0 fully saturated rings. The van der Waals surface area contributed by atoms with Crippen LogP contribution in [0.2, 0.25) is 5.02 Å². The maximum Gasteiger partial charge on any atom is 0.264 e. The molecule has 1 N–H and O–H groups in total. The van der Waals surface area contributed by atoms with Crippen molar-refractivity contribution in [3.63, 3.8) is 0 Å². The average Bonchev–Trinajstić information content (AvgIpc) is 2.80. The number of Topliss-reactive ketones (excluding diaryl/α,β-unsaturated/α-hetero) is 1. The maximum absolute atomic E-state index is 12.8. The monoisotopic (exact) mass is 373 g/mol. The van der Waals surface area contributed by atoms with Crippen LogP contribution in [0.15, 0.2) is 48.5 Å². The third-order valence-corrected chi connectivity index (χ3v) is 4.57. The minimum atomic E-state index is -1.85. The highest BCUT2D eigenvalue weighted by atomic mass is 35.5. The van der Waals surface area contributed by atoms with E-state index >= 15 is 0 Å². The molecule has 2 aromatic carbocycles. The van der Waals surface area contributed by atoms with E-state index in [9.17, 15) is 14.7 Å². The normalized spacial score (nSPS) is 18.7. The SMILES string of the molecule is CC(=O)C[C@@]1(O)C(=O)N(CCCOc2ccccc2)c2ccc(Cl)cc21. The molecule has 0 saturated carbocycles. The molecule has 2 aromatic rings. The van der Waals surface area contributed by atoms with Crippen molar-refractivity contribution in [1.29, 1.82) is 0 Å². The van der Waals surface area contributed by atoms with E-state index in [0.717, 1.165) is 5.75 Å². The fourth-order valence-electron chi connectivity index (χ4n) is 3.21. The highest BCUT2D eigenvalue weighted by Crippen LogP contribution is 2.43. The Balaban J connectivity index is 1.73. The number of anilines is 1. The molecule has 0 aromatic heterocycles. The van der Waals surface area contributed by atoms with Gasteiger partial charge in [-0.15, -0.1) is 0 Å². The smallest absolute Gasteiger partial charge is 0.264 e. The number of carbonyl (C=O) groups is 2. The van der Waals surface area contributed by atoms with Gasteiger partial charge < -0.3 is 14.7 Å². The minimum absolute atomic E-state index is 0.263. The number of carbonyl (C=O) groups excluding carboxylic acids is 2. The molecule has 3 rings (SSSR count). The number of ketones is 1. The van der Waals surface area contributed by atoms with Crippen molar-refractivity contribution in [2.45, 2.75) is 25.4 Å². The highest BCUT2D eigenvalue weighted by molar-refractivity contribution is 6.31. The molecule has 26 heavy (non-hydrogen) atoms. The van der Waals surface area contributed by atoms with Gasteiger partial charge in [0.15, 0.2) is 5.60 Å². The van der Waals surface area contributed by atoms with Gasteiger partial charge in [0.05, 0.1) is 12.3 Å². The van der Waals surface area contributed by atoms with Crippen LogP contribution in [-0.4, -0.2) is 29.9 Å². The number of amides is 1. The third-order valence-electron chi connectivity index (χ3n) is 4.34. The lowest BCUT2D eigenvalue weighted by Crippen LogP contribution is -2.42. The summed E-state index contributed by atoms with van der Waals surface area (Å²) in [5, 5.41) is 11.3. The largest absolute Gasteiger partial charge is 0.494 e. The topological polar surface area (TPSA) is 66.8 Å². The van der Waals surface area contributed by atoms with Crippen molar-refractivity contribution in [2.24, 2.45) is 0 Å². The number of benzene rings is 2. The van der Waals surface area contributed by atoms with Gasteiger partial charge in [0, 0.05) is 23.6 Å². The number of halogens is 1. The summed E-state index contributed by atoms with van der Waals surface area (Å²) >= 11 is 6.03. The van der Waals surface area contributed by atoms with Crippen LogP contribution in [0.1, 0.15) is 25.3 Å². The molecule has 1 atom stereocenters. The number of hydrogen-bond acceptors (Lipinski definition) is 4. The number of nitrogens with zero attached hydrogens (tertiary/aromatic N) is 1. The first-order valence-electron chi connectivity index (χ1n) is 8.43. The second-order valence-corrected chi connectivity index (χ2v) is 6.81. The number of hydrogen-bond donors (Lipinski definition) is 1. The first-order valence-corrected chi connectivity index (χ1v) is 8.81. The van der Waals surface area contributed by atoms with E-state index in [0.29, 0.717) is 35.8 Å². The maximum atomic E-state index is 12.8. The summed E-state index contributed by atoms with van der Waals surface area (Å²) < 4.78 is 5.65. The molecular weight excluding hydrogens is 354 g/mol. The molecule has 1 aliphatic heterocycles. The van der Waals surface area contributed by atoms with Crippen LogP contribution < -0.4 is 9.64 Å². The molecule has 0 aliphatic carbocycles. The number of fused-ring (bicyclic) bond motifs is 1. The van der Waals surface area contributed by atoms with Gasteiger partial charge in [-0.1, -0.05) is 29.8 Å². The lowest BCUT2D eigenvalue weighted by Gasteiger charge is -2.22. The average molecular weight is 374 g/mol. The first-order chi connectivity index (χ1) is 12.4. The number of aliphatic hydroxyl groups is 1. The van der Waals surface area contributed by atoms with Crippen molar-refractivity contribution >= 4 is 29.0 Å². The Labute approximate surface area is 157 Å². The van der Waals surface area contributed by atoms with Gasteiger partial charge in [-0.25, -0.2) is 0 Å². The number of rotatable bonds is 7. The molecule has 0 radical (unpaired) electrons. The number of para-hydroxylation sites is 1. The van der Waals surface area contributed by atoms with Crippen LogP contribution >= 0.6 is 11.6 Å². The molecule has 5 nitrogen and oxygen atoms in total. The summed E-state index contributed by atoms with van der Waals surface area (Å²) in [6.45, 7) is 2.16. The zero-order chi connectivity index (χ0) is 18.7. The fourth-order valence-corrected chi connectivity index (χ4v) is 3.38. The lowest BCUT2D eigenvalue weighted by atomic mass is 9.90. The van der Waals surface area contributed by atoms with Crippen LogP contribution in [0.25, 0.3) is 0 Å². The van der Waals surface area contributed by atoms with Crippen LogP contribution in [0.3, 0.4) is 0 Å². The van der Waals surface area contributed by atoms with Gasteiger partial charge in [0.25, 0.3) is 5.91 Å². The zero-order valence-electron chi connectivity index (χ0n) is 14.4. The molecule has 0 unspecified atom stereocenters. The number of ether oxygens (including phenoxy) is 1. The Hall–Kier alpha value is -2.37. The van der Waals surface area contributed by atoms with Crippen molar-refractivity contribution in [1.82, 2.24) is 0 Å². The molecule has 1 aliphatic rings. The Morgan fingerprint density at radius 1 is 1.23 bits per heavy atom. The molecule has 0 saturated heterocycles. The van der Waals surface area contributed by atoms with E-state index in [-0.39, 0.29) is 12.2 Å². The summed E-state index contributed by atoms with van der Waals surface area (Å²) in [4.78, 5) is 25.9. The van der Waals surface area contributed by atoms with Crippen molar-refractivity contribution < 1.29 is 19.4 Å². The quantitative estimate of drug-likeness (QED) is 0.756. The lowest BCUT2D eigenvalue weighted by molar-refractivity contribution is -0.141. The Kier molecular flexibility index (Phi) is 5.30. The van der Waals surface area contributed by atoms with Gasteiger partial charge in [0.2, 0.25) is 0 Å². The van der Waals surface area contributed by atoms with Gasteiger partial charge in [0.1, 0.15) is 11.5 Å². The fraction of sp³-hybridized carbons (Fsp3) is 0.300. The predicted octanol–water partition coefficient (Wildman–Crippen LogP) is 3.32. The summed E-state index contributed by atoms with van der Waals surface area (Å²) in [6.07, 6.45) is 0.315. The summed E-state index contributed by atoms with van der Waals surface area (Å²) in [7, 11) is 0. The molecule has 1 amide bonds. The van der Waals surface area contributed by atoms with Crippen LogP contribution in [-0.2, 0) is 15.2 Å². The summed E-state index contributed by atoms with van der Waals surface area (Å²) in [5.41, 5.74) is -0.885. The second kappa shape index (κ2) is 7.48. The molecule has 0 spiro atoms. The Morgan fingerprint density at radius 3 is 2.65 bits per heavy atom. The van der Waals surface area contributed by atoms with E-state index in [1.807, 2.05) is 30.3 Å². The highest BCUT2D eigenvalue weighted by Gasteiger charge is 2.50. The van der Waals surface area contributed by atoms with Crippen molar-refractivity contribution in [2.75, 3.05) is 18.1 Å². The van der Waals surface area contributed by atoms with E-state index in [4.69, 9.17) is 16.3 Å². The molecule has 0 bridgehead atoms. The van der Waals surface area contributed by atoms with Gasteiger partial charge in [-0.05, 0) is 43.7 Å². The standard InChI is InChI=1S/C20H20ClNO4/c1-14(23)13-20(25)17-12-15(21)8-9-18(17)22(19(20)24)10-5-11-26-16-6-3-2-4-7-16/h2-4,6-9,12,25H,5,10-11,13H2,1H3/t20-/m0/s1. The van der Waals surface area contributed by atoms with E-state index in [2.05, 4.69) is 0 Å². The minimum Gasteiger partial charge on any atom is -0.494 e. The summed E-state index contributed by atoms with van der Waals surface area (Å²) in [6, 6.07) is 14.3. The van der Waals surface area contributed by atoms with E-state index in [1.165, 1.54) is 11.8 Å². The van der Waals surface area contributed by atoms with Gasteiger partial charge in [-0.2, -0.15) is 0 Å². The summed E-state index contributed by atoms with van der Waals surface area (Å²) in [5.74, 6) is 0.00577. The predicted molar refractivity (Wildman–Crippen MR) is 99.6 cm³/mol. The second-order valence-electron chi connectivity index (χ2n) is 6.37. The Morgan fingerprint density at radius 2 is 1.96 bits per heavy atom. The van der Waals surface area contributed by atoms with E-state index in [1.54, 1.807) is 18.2 Å². The molecule has 1 heterocycles. The third kappa shape index (κ3) is 3.59. The Bertz CT molecular complexity index is 824. The van der Waals surface area contributed by atoms with Crippen molar-refractivity contribution in [3.8, 4) is 5.75 Å². The molecule has 6 heteroatoms. The van der Waals surface area contributed by atoms with Crippen LogP contribution in [0.5, 0.6) is 5.75 Å². The first kappa shape index (κ1) is 18.4. The van der Waals surface area contributed by atoms with Crippen LogP contribution in [0.4, 0.5) is 5.69 Å². The molecular formula is C20H20ClNO4. The van der Waals surface area contributed by atoms with Gasteiger partial charge in [-0.3, -0.25) is 9.59 Å². The zero-order valence-corrected chi connectivity index (χ0v) is 15.2.